The maximum atomic E-state index is 13.2. The molecule has 7 heteroatoms. The van der Waals surface area contributed by atoms with Crippen molar-refractivity contribution in [2.75, 3.05) is 18.4 Å². The maximum absolute atomic E-state index is 13.2. The van der Waals surface area contributed by atoms with Crippen molar-refractivity contribution in [3.63, 3.8) is 0 Å². The molecule has 1 aromatic carbocycles. The average molecular weight is 276 g/mol. The molecule has 1 unspecified atom stereocenters. The van der Waals surface area contributed by atoms with Gasteiger partial charge in [-0.25, -0.2) is 12.8 Å². The topological polar surface area (TPSA) is 81.4 Å². The van der Waals surface area contributed by atoms with E-state index < -0.39 is 21.1 Å². The second-order valence-corrected chi connectivity index (χ2v) is 5.75. The summed E-state index contributed by atoms with van der Waals surface area (Å²) in [6.07, 6.45) is 0.387. The van der Waals surface area contributed by atoms with Gasteiger partial charge in [0, 0.05) is 18.7 Å². The fraction of sp³-hybridized carbons (Fsp3) is 0.455. The summed E-state index contributed by atoms with van der Waals surface area (Å²) in [6, 6.07) is 3.66. The van der Waals surface area contributed by atoms with Gasteiger partial charge in [0.15, 0.2) is 0 Å². The minimum atomic E-state index is -3.61. The highest BCUT2D eigenvalue weighted by Gasteiger charge is 2.22. The molecule has 0 aromatic heterocycles. The van der Waals surface area contributed by atoms with E-state index in [0.29, 0.717) is 6.42 Å². The molecule has 0 radical (unpaired) electrons. The minimum Gasteiger partial charge on any atom is -0.497 e. The number of benzene rings is 1. The summed E-state index contributed by atoms with van der Waals surface area (Å²) in [5.74, 6) is -0.332. The van der Waals surface area contributed by atoms with E-state index in [-0.39, 0.29) is 18.0 Å². The normalized spacial score (nSPS) is 13.1. The predicted molar refractivity (Wildman–Crippen MR) is 68.6 cm³/mol. The Morgan fingerprint density at radius 1 is 1.44 bits per heavy atom. The highest BCUT2D eigenvalue weighted by molar-refractivity contribution is 7.93. The summed E-state index contributed by atoms with van der Waals surface area (Å²) in [4.78, 5) is 0. The summed E-state index contributed by atoms with van der Waals surface area (Å²) in [5.41, 5.74) is 5.51. The van der Waals surface area contributed by atoms with Crippen LogP contribution in [0.1, 0.15) is 13.3 Å². The van der Waals surface area contributed by atoms with Crippen LogP contribution in [0.15, 0.2) is 18.2 Å². The minimum absolute atomic E-state index is 0.0122. The van der Waals surface area contributed by atoms with Crippen molar-refractivity contribution in [3.8, 4) is 5.75 Å². The van der Waals surface area contributed by atoms with Crippen LogP contribution in [0.3, 0.4) is 0 Å². The van der Waals surface area contributed by atoms with Crippen LogP contribution in [-0.2, 0) is 10.0 Å². The molecule has 0 aliphatic rings. The summed E-state index contributed by atoms with van der Waals surface area (Å²) in [7, 11) is -2.24. The summed E-state index contributed by atoms with van der Waals surface area (Å²) in [5, 5.41) is -0.702. The van der Waals surface area contributed by atoms with Gasteiger partial charge in [-0.05, 0) is 12.5 Å². The van der Waals surface area contributed by atoms with E-state index in [4.69, 9.17) is 10.5 Å². The smallest absolute Gasteiger partial charge is 0.236 e. The number of nitrogens with two attached hydrogens (primary N) is 1. The van der Waals surface area contributed by atoms with Crippen LogP contribution in [-0.4, -0.2) is 27.3 Å². The van der Waals surface area contributed by atoms with Gasteiger partial charge in [-0.1, -0.05) is 6.92 Å². The van der Waals surface area contributed by atoms with Gasteiger partial charge in [0.05, 0.1) is 18.0 Å². The van der Waals surface area contributed by atoms with E-state index in [1.807, 2.05) is 0 Å². The van der Waals surface area contributed by atoms with Crippen molar-refractivity contribution in [2.24, 2.45) is 5.73 Å². The third-order valence-corrected chi connectivity index (χ3v) is 4.45. The lowest BCUT2D eigenvalue weighted by atomic mass is 10.3. The first-order chi connectivity index (χ1) is 8.42. The first-order valence-electron chi connectivity index (χ1n) is 5.49. The standard InChI is InChI=1S/C11H17FN2O3S/c1-3-11(7-13)18(15,16)14-9-4-8(12)5-10(6-9)17-2/h4-6,11,14H,3,7,13H2,1-2H3. The number of sulfonamides is 1. The van der Waals surface area contributed by atoms with Gasteiger partial charge in [-0.15, -0.1) is 0 Å². The molecule has 1 rings (SSSR count). The van der Waals surface area contributed by atoms with Crippen LogP contribution in [0.4, 0.5) is 10.1 Å². The van der Waals surface area contributed by atoms with E-state index >= 15 is 0 Å². The second kappa shape index (κ2) is 6.01. The van der Waals surface area contributed by atoms with Crippen molar-refractivity contribution < 1.29 is 17.5 Å². The number of hydrogen-bond acceptors (Lipinski definition) is 4. The van der Waals surface area contributed by atoms with Gasteiger partial charge in [0.25, 0.3) is 0 Å². The fourth-order valence-electron chi connectivity index (χ4n) is 1.50. The Kier molecular flexibility index (Phi) is 4.92. The number of hydrogen-bond donors (Lipinski definition) is 2. The number of rotatable bonds is 6. The van der Waals surface area contributed by atoms with Crippen LogP contribution < -0.4 is 15.2 Å². The number of nitrogens with one attached hydrogen (secondary N) is 1. The molecular formula is C11H17FN2O3S. The van der Waals surface area contributed by atoms with Gasteiger partial charge in [-0.3, -0.25) is 4.72 Å². The second-order valence-electron chi connectivity index (χ2n) is 3.79. The quantitative estimate of drug-likeness (QED) is 0.821. The van der Waals surface area contributed by atoms with Crippen molar-refractivity contribution in [3.05, 3.63) is 24.0 Å². The van der Waals surface area contributed by atoms with Gasteiger partial charge >= 0.3 is 0 Å². The maximum Gasteiger partial charge on any atom is 0.236 e. The van der Waals surface area contributed by atoms with Crippen molar-refractivity contribution in [2.45, 2.75) is 18.6 Å². The monoisotopic (exact) mass is 276 g/mol. The predicted octanol–water partition coefficient (Wildman–Crippen LogP) is 1.31. The molecule has 3 N–H and O–H groups in total. The van der Waals surface area contributed by atoms with E-state index in [0.717, 1.165) is 12.1 Å². The highest BCUT2D eigenvalue weighted by Crippen LogP contribution is 2.21. The number of halogens is 1. The molecule has 1 atom stereocenters. The van der Waals surface area contributed by atoms with Crippen molar-refractivity contribution >= 4 is 15.7 Å². The van der Waals surface area contributed by atoms with E-state index in [1.54, 1.807) is 6.92 Å². The molecule has 18 heavy (non-hydrogen) atoms. The third kappa shape index (κ3) is 3.58. The van der Waals surface area contributed by atoms with Crippen LogP contribution in [0, 0.1) is 5.82 Å². The number of ether oxygens (including phenoxy) is 1. The number of anilines is 1. The summed E-state index contributed by atoms with van der Waals surface area (Å²) >= 11 is 0. The Hall–Kier alpha value is -1.34. The molecule has 0 spiro atoms. The molecule has 0 heterocycles. The Morgan fingerprint density at radius 3 is 2.61 bits per heavy atom. The van der Waals surface area contributed by atoms with Crippen LogP contribution >= 0.6 is 0 Å². The van der Waals surface area contributed by atoms with Crippen LogP contribution in [0.5, 0.6) is 5.75 Å². The molecule has 1 aromatic rings. The molecule has 5 nitrogen and oxygen atoms in total. The molecule has 0 amide bonds. The summed E-state index contributed by atoms with van der Waals surface area (Å²) < 4.78 is 44.2. The van der Waals surface area contributed by atoms with Gasteiger partial charge in [0.1, 0.15) is 11.6 Å². The largest absolute Gasteiger partial charge is 0.497 e. The average Bonchev–Trinajstić information content (AvgIpc) is 2.28. The SMILES string of the molecule is CCC(CN)S(=O)(=O)Nc1cc(F)cc(OC)c1. The lowest BCUT2D eigenvalue weighted by Crippen LogP contribution is -2.33. The number of methoxy groups -OCH3 is 1. The molecule has 0 fully saturated rings. The van der Waals surface area contributed by atoms with Crippen LogP contribution in [0.25, 0.3) is 0 Å². The van der Waals surface area contributed by atoms with Gasteiger partial charge < -0.3 is 10.5 Å². The first kappa shape index (κ1) is 14.7. The van der Waals surface area contributed by atoms with Gasteiger partial charge in [0.2, 0.25) is 10.0 Å². The first-order valence-corrected chi connectivity index (χ1v) is 7.03. The Labute approximate surface area is 106 Å². The Morgan fingerprint density at radius 2 is 2.11 bits per heavy atom. The molecule has 102 valence electrons. The Balaban J connectivity index is 3.00. The summed E-state index contributed by atoms with van der Waals surface area (Å²) in [6.45, 7) is 1.74. The zero-order valence-electron chi connectivity index (χ0n) is 10.3. The molecular weight excluding hydrogens is 259 g/mol. The zero-order chi connectivity index (χ0) is 13.8. The third-order valence-electron chi connectivity index (χ3n) is 2.52. The lowest BCUT2D eigenvalue weighted by Gasteiger charge is -2.15. The Bertz CT molecular complexity index is 501. The molecule has 0 aliphatic carbocycles. The van der Waals surface area contributed by atoms with E-state index in [2.05, 4.69) is 4.72 Å². The lowest BCUT2D eigenvalue weighted by molar-refractivity contribution is 0.411. The molecule has 0 aliphatic heterocycles. The molecule has 0 saturated heterocycles. The fourth-order valence-corrected chi connectivity index (χ4v) is 2.81. The van der Waals surface area contributed by atoms with E-state index in [1.165, 1.54) is 13.2 Å². The molecule has 0 saturated carbocycles. The highest BCUT2D eigenvalue weighted by atomic mass is 32.2. The zero-order valence-corrected chi connectivity index (χ0v) is 11.1. The van der Waals surface area contributed by atoms with Crippen LogP contribution in [0.2, 0.25) is 0 Å². The van der Waals surface area contributed by atoms with Crippen molar-refractivity contribution in [1.29, 1.82) is 0 Å². The molecule has 0 bridgehead atoms. The van der Waals surface area contributed by atoms with Gasteiger partial charge in [-0.2, -0.15) is 0 Å². The van der Waals surface area contributed by atoms with Crippen molar-refractivity contribution in [1.82, 2.24) is 0 Å². The van der Waals surface area contributed by atoms with E-state index in [9.17, 15) is 12.8 Å².